The second-order valence-electron chi connectivity index (χ2n) is 5.68. The summed E-state index contributed by atoms with van der Waals surface area (Å²) in [6.07, 6.45) is 1.25. The van der Waals surface area contributed by atoms with E-state index in [0.29, 0.717) is 16.8 Å². The van der Waals surface area contributed by atoms with Crippen molar-refractivity contribution in [2.45, 2.75) is 0 Å². The number of nitrogens with two attached hydrogens (primary N) is 1. The zero-order chi connectivity index (χ0) is 20.4. The van der Waals surface area contributed by atoms with Crippen LogP contribution in [-0.4, -0.2) is 29.9 Å². The molecule has 0 radical (unpaired) electrons. The molecule has 0 fully saturated rings. The maximum atomic E-state index is 11.9. The highest BCUT2D eigenvalue weighted by molar-refractivity contribution is 7.81. The van der Waals surface area contributed by atoms with Gasteiger partial charge in [-0.3, -0.25) is 8.51 Å². The summed E-state index contributed by atoms with van der Waals surface area (Å²) in [5, 5.41) is 19.0. The van der Waals surface area contributed by atoms with Gasteiger partial charge < -0.3 is 20.5 Å². The topological polar surface area (TPSA) is 140 Å². The van der Waals surface area contributed by atoms with Crippen molar-refractivity contribution in [1.29, 1.82) is 0 Å². The lowest BCUT2D eigenvalue weighted by Crippen LogP contribution is -2.20. The first kappa shape index (κ1) is 19.6. The number of nitrogen functional groups attached to an aromatic ring is 1. The Morgan fingerprint density at radius 3 is 2.54 bits per heavy atom. The molecule has 0 saturated carbocycles. The lowest BCUT2D eigenvalue weighted by atomic mass is 10.1. The van der Waals surface area contributed by atoms with Gasteiger partial charge in [-0.1, -0.05) is 23.7 Å². The number of carboxylic acids is 1. The highest BCUT2D eigenvalue weighted by Crippen LogP contribution is 2.35. The molecule has 10 heteroatoms. The molecule has 144 valence electrons. The highest BCUT2D eigenvalue weighted by Gasteiger charge is 2.17. The van der Waals surface area contributed by atoms with Crippen molar-refractivity contribution in [1.82, 2.24) is 4.98 Å². The number of hydrogen-bond donors (Lipinski definition) is 3. The number of aromatic carboxylic acids is 1. The Kier molecular flexibility index (Phi) is 5.50. The van der Waals surface area contributed by atoms with E-state index in [0.717, 1.165) is 16.4 Å². The van der Waals surface area contributed by atoms with Gasteiger partial charge in [-0.15, -0.1) is 0 Å². The van der Waals surface area contributed by atoms with E-state index >= 15 is 0 Å². The number of carbonyl (C=O) groups is 1. The second kappa shape index (κ2) is 7.85. The van der Waals surface area contributed by atoms with Crippen LogP contribution in [0.1, 0.15) is 10.4 Å². The van der Waals surface area contributed by atoms with Crippen LogP contribution in [0, 0.1) is 0 Å². The summed E-state index contributed by atoms with van der Waals surface area (Å²) in [5.41, 5.74) is 7.19. The number of anilines is 3. The molecule has 0 aliphatic carbocycles. The second-order valence-corrected chi connectivity index (χ2v) is 6.83. The first-order valence-corrected chi connectivity index (χ1v) is 9.16. The van der Waals surface area contributed by atoms with Crippen LogP contribution in [-0.2, 0) is 11.3 Å². The predicted molar refractivity (Wildman–Crippen MR) is 105 cm³/mol. The molecule has 0 aliphatic rings. The molecule has 2 aromatic carbocycles. The van der Waals surface area contributed by atoms with Gasteiger partial charge in [0.1, 0.15) is 16.5 Å². The molecule has 28 heavy (non-hydrogen) atoms. The number of carboxylic acid groups (broad SMARTS) is 1. The molecule has 3 aromatic rings. The number of halogens is 1. The van der Waals surface area contributed by atoms with Gasteiger partial charge in [0.05, 0.1) is 28.8 Å². The maximum Gasteiger partial charge on any atom is 0.339 e. The third-order valence-corrected chi connectivity index (χ3v) is 4.87. The lowest BCUT2D eigenvalue weighted by molar-refractivity contribution is 0.0694. The van der Waals surface area contributed by atoms with Crippen molar-refractivity contribution in [2.75, 3.05) is 10.0 Å². The molecule has 0 saturated heterocycles. The number of aromatic nitrogens is 1. The van der Waals surface area contributed by atoms with Gasteiger partial charge in [-0.25, -0.2) is 9.78 Å². The predicted octanol–water partition coefficient (Wildman–Crippen LogP) is 3.32. The Bertz CT molecular complexity index is 1090. The lowest BCUT2D eigenvalue weighted by Gasteiger charge is -2.27. The zero-order valence-electron chi connectivity index (χ0n) is 14.1. The minimum absolute atomic E-state index is 0.0264. The number of nitrogens with zero attached hydrogens (tertiary/aromatic N) is 2. The van der Waals surface area contributed by atoms with E-state index in [1.54, 1.807) is 24.3 Å². The molecule has 0 bridgehead atoms. The Hall–Kier alpha value is -3.14. The molecule has 1 unspecified atom stereocenters. The quantitative estimate of drug-likeness (QED) is 0.328. The van der Waals surface area contributed by atoms with Crippen LogP contribution < -0.4 is 10.0 Å². The van der Waals surface area contributed by atoms with Gasteiger partial charge in [-0.05, 0) is 35.9 Å². The Morgan fingerprint density at radius 2 is 1.93 bits per heavy atom. The molecule has 0 spiro atoms. The summed E-state index contributed by atoms with van der Waals surface area (Å²) in [7, 11) is 0. The van der Waals surface area contributed by atoms with Gasteiger partial charge in [0.15, 0.2) is 0 Å². The fraction of sp³-hybridized carbons (Fsp3) is 0. The van der Waals surface area contributed by atoms with Crippen LogP contribution in [0.3, 0.4) is 0 Å². The SMILES string of the molecule is Nc1cccc(-c2cc(N(c3ccc(C(=O)O)c(O)c3)S(=O)[O-])cnc2Cl)c1. The van der Waals surface area contributed by atoms with E-state index in [4.69, 9.17) is 22.4 Å². The van der Waals surface area contributed by atoms with E-state index in [1.807, 2.05) is 0 Å². The maximum absolute atomic E-state index is 11.9. The van der Waals surface area contributed by atoms with Gasteiger partial charge in [-0.2, -0.15) is 0 Å². The largest absolute Gasteiger partial charge is 0.755 e. The van der Waals surface area contributed by atoms with E-state index in [-0.39, 0.29) is 22.1 Å². The van der Waals surface area contributed by atoms with Gasteiger partial charge in [0, 0.05) is 17.3 Å². The van der Waals surface area contributed by atoms with Gasteiger partial charge in [0.2, 0.25) is 0 Å². The monoisotopic (exact) mass is 418 g/mol. The van der Waals surface area contributed by atoms with Crippen molar-refractivity contribution in [3.63, 3.8) is 0 Å². The minimum Gasteiger partial charge on any atom is -0.755 e. The third kappa shape index (κ3) is 3.91. The Labute approximate surface area is 167 Å². The van der Waals surface area contributed by atoms with Crippen molar-refractivity contribution in [2.24, 2.45) is 0 Å². The molecular weight excluding hydrogens is 406 g/mol. The van der Waals surface area contributed by atoms with Gasteiger partial charge >= 0.3 is 5.97 Å². The molecule has 1 aromatic heterocycles. The smallest absolute Gasteiger partial charge is 0.339 e. The Morgan fingerprint density at radius 1 is 1.18 bits per heavy atom. The molecule has 0 aliphatic heterocycles. The number of aromatic hydroxyl groups is 1. The van der Waals surface area contributed by atoms with Crippen molar-refractivity contribution in [3.8, 4) is 16.9 Å². The van der Waals surface area contributed by atoms with E-state index < -0.39 is 23.0 Å². The molecular formula is C18H13ClN3O5S-. The third-order valence-electron chi connectivity index (χ3n) is 3.85. The van der Waals surface area contributed by atoms with Crippen LogP contribution in [0.5, 0.6) is 5.75 Å². The average Bonchev–Trinajstić information content (AvgIpc) is 2.62. The summed E-state index contributed by atoms with van der Waals surface area (Å²) in [6, 6.07) is 11.7. The van der Waals surface area contributed by atoms with Crippen molar-refractivity contribution in [3.05, 3.63) is 65.4 Å². The van der Waals surface area contributed by atoms with Crippen molar-refractivity contribution >= 4 is 45.9 Å². The summed E-state index contributed by atoms with van der Waals surface area (Å²) in [4.78, 5) is 15.1. The first-order valence-electron chi connectivity index (χ1n) is 7.75. The summed E-state index contributed by atoms with van der Waals surface area (Å²) < 4.78 is 24.6. The first-order chi connectivity index (χ1) is 13.3. The highest BCUT2D eigenvalue weighted by atomic mass is 35.5. The minimum atomic E-state index is -2.79. The van der Waals surface area contributed by atoms with Crippen LogP contribution in [0.15, 0.2) is 54.7 Å². The number of hydrogen-bond acceptors (Lipinski definition) is 6. The molecule has 1 atom stereocenters. The van der Waals surface area contributed by atoms with E-state index in [2.05, 4.69) is 4.98 Å². The van der Waals surface area contributed by atoms with Crippen LogP contribution in [0.4, 0.5) is 17.1 Å². The fourth-order valence-electron chi connectivity index (χ4n) is 2.61. The van der Waals surface area contributed by atoms with E-state index in [9.17, 15) is 18.7 Å². The number of phenols is 1. The summed E-state index contributed by atoms with van der Waals surface area (Å²) in [5.74, 6) is -1.91. The van der Waals surface area contributed by atoms with E-state index in [1.165, 1.54) is 18.3 Å². The summed E-state index contributed by atoms with van der Waals surface area (Å²) >= 11 is 3.37. The zero-order valence-corrected chi connectivity index (χ0v) is 15.6. The van der Waals surface area contributed by atoms with Crippen molar-refractivity contribution < 1.29 is 23.8 Å². The fourth-order valence-corrected chi connectivity index (χ4v) is 3.38. The van der Waals surface area contributed by atoms with Crippen LogP contribution >= 0.6 is 11.6 Å². The number of rotatable bonds is 5. The molecule has 3 rings (SSSR count). The molecule has 4 N–H and O–H groups in total. The average molecular weight is 419 g/mol. The van der Waals surface area contributed by atoms with Crippen LogP contribution in [0.2, 0.25) is 5.15 Å². The van der Waals surface area contributed by atoms with Gasteiger partial charge in [0.25, 0.3) is 0 Å². The van der Waals surface area contributed by atoms with Crippen LogP contribution in [0.25, 0.3) is 11.1 Å². The summed E-state index contributed by atoms with van der Waals surface area (Å²) in [6.45, 7) is 0. The Balaban J connectivity index is 2.11. The number of pyridine rings is 1. The number of benzene rings is 2. The normalized spacial score (nSPS) is 11.8. The standard InChI is InChI=1S/C18H14ClN3O5S/c19-17-15(10-2-1-3-11(20)6-10)7-13(9-21-17)22(28(26)27)12-4-5-14(18(24)25)16(23)8-12/h1-9,23H,20H2,(H,24,25)(H,26,27)/p-1. The molecule has 8 nitrogen and oxygen atoms in total. The molecule has 0 amide bonds. The molecule has 1 heterocycles.